The van der Waals surface area contributed by atoms with Gasteiger partial charge in [-0.1, -0.05) is 87.0 Å². The standard InChI is InChI=1S/C54H95NO12Si2/c1-19-39-27-33(2)26-34(3)28-45(62-13)48-46(63-14)30-36(5)54(61,65-48)49(58)50(59)55-25-21-20-22-40(55)51(60)64-47(37(6)44(32-41(39)56)67-69(17,18)53(10,11)12)35(4)29-38-23-24-43(42(57)31-38)66-68(15,16)52(7,8)9/h27,29,34,36-40,42-48,57,61H,19-26,28,30-32H2,1-18H3/b33-27+,35-29?. The Morgan fingerprint density at radius 1 is 0.841 bits per heavy atom. The number of carbonyl (C=O) groups is 4. The van der Waals surface area contributed by atoms with Gasteiger partial charge in [-0.15, -0.1) is 0 Å². The molecule has 1 amide bonds. The zero-order valence-electron chi connectivity index (χ0n) is 46.1. The number of nitrogens with zero attached hydrogens (tertiary/aromatic N) is 1. The molecule has 0 spiro atoms. The normalized spacial score (nSPS) is 37.0. The number of allylic oxidation sites excluding steroid dienone is 3. The van der Waals surface area contributed by atoms with Crippen molar-refractivity contribution < 1.29 is 57.2 Å². The molecule has 396 valence electrons. The minimum Gasteiger partial charge on any atom is -0.456 e. The number of carbonyl (C=O) groups excluding carboxylic acids is 4. The highest BCUT2D eigenvalue weighted by Gasteiger charge is 2.57. The Labute approximate surface area is 418 Å². The quantitative estimate of drug-likeness (QED) is 0.0973. The second-order valence-corrected chi connectivity index (χ2v) is 34.2. The van der Waals surface area contributed by atoms with Crippen LogP contribution in [-0.2, 0) is 47.0 Å². The minimum absolute atomic E-state index is 0.00598. The molecule has 14 atom stereocenters. The first-order chi connectivity index (χ1) is 31.8. The van der Waals surface area contributed by atoms with E-state index in [9.17, 15) is 29.4 Å². The lowest BCUT2D eigenvalue weighted by molar-refractivity contribution is -0.302. The summed E-state index contributed by atoms with van der Waals surface area (Å²) in [4.78, 5) is 60.1. The number of methoxy groups -OCH3 is 2. The van der Waals surface area contributed by atoms with Crippen molar-refractivity contribution in [2.24, 2.45) is 29.6 Å². The molecule has 13 nitrogen and oxygen atoms in total. The molecule has 2 saturated heterocycles. The van der Waals surface area contributed by atoms with Crippen LogP contribution >= 0.6 is 0 Å². The lowest BCUT2D eigenvalue weighted by atomic mass is 9.81. The van der Waals surface area contributed by atoms with Crippen molar-refractivity contribution in [1.29, 1.82) is 0 Å². The highest BCUT2D eigenvalue weighted by Crippen LogP contribution is 2.43. The number of Topliss-reactive ketones (excluding diaryl/α,β-unsaturated/α-hetero) is 2. The van der Waals surface area contributed by atoms with E-state index in [1.165, 1.54) is 4.90 Å². The summed E-state index contributed by atoms with van der Waals surface area (Å²) < 4.78 is 38.9. The second kappa shape index (κ2) is 23.9. The molecule has 14 unspecified atom stereocenters. The number of esters is 1. The van der Waals surface area contributed by atoms with Crippen LogP contribution in [0.4, 0.5) is 0 Å². The Balaban J connectivity index is 1.86. The molecule has 4 aliphatic rings. The highest BCUT2D eigenvalue weighted by molar-refractivity contribution is 6.74. The van der Waals surface area contributed by atoms with E-state index in [0.29, 0.717) is 44.9 Å². The van der Waals surface area contributed by atoms with Crippen molar-refractivity contribution in [2.75, 3.05) is 20.8 Å². The van der Waals surface area contributed by atoms with Gasteiger partial charge in [-0.05, 0) is 132 Å². The zero-order chi connectivity index (χ0) is 52.2. The van der Waals surface area contributed by atoms with Crippen LogP contribution in [-0.4, -0.2) is 131 Å². The molecule has 15 heteroatoms. The molecule has 3 fully saturated rings. The summed E-state index contributed by atoms with van der Waals surface area (Å²) in [6, 6.07) is -1.12. The molecule has 4 rings (SSSR count). The number of piperidine rings is 1. The number of aliphatic hydroxyl groups is 2. The van der Waals surface area contributed by atoms with Crippen LogP contribution in [0.2, 0.25) is 36.3 Å². The van der Waals surface area contributed by atoms with Crippen molar-refractivity contribution in [3.63, 3.8) is 0 Å². The SMILES string of the molecule is CCC1/C=C(\C)CC(C)CC(OC)C2OC(O)(C(=O)C(=O)N3CCCCC3C(=O)OC(C(C)=CC3CCC(O[Si](C)(C)C(C)(C)C)C(O)C3)C(C)C(O[Si](C)(C)C(C)(C)C)CC1=O)C(C)CC2OC. The van der Waals surface area contributed by atoms with Crippen LogP contribution < -0.4 is 0 Å². The third kappa shape index (κ3) is 14.4. The van der Waals surface area contributed by atoms with Crippen molar-refractivity contribution in [3.8, 4) is 0 Å². The lowest BCUT2D eigenvalue weighted by Crippen LogP contribution is -2.64. The van der Waals surface area contributed by atoms with Gasteiger partial charge in [0.25, 0.3) is 11.7 Å². The summed E-state index contributed by atoms with van der Waals surface area (Å²) in [7, 11) is -1.58. The number of aliphatic hydroxyl groups excluding tert-OH is 1. The van der Waals surface area contributed by atoms with Gasteiger partial charge in [-0.3, -0.25) is 14.4 Å². The van der Waals surface area contributed by atoms with Gasteiger partial charge in [-0.2, -0.15) is 0 Å². The van der Waals surface area contributed by atoms with Crippen LogP contribution in [0, 0.1) is 29.6 Å². The maximum absolute atomic E-state index is 14.9. The van der Waals surface area contributed by atoms with E-state index in [-0.39, 0.29) is 65.5 Å². The Hall–Kier alpha value is -2.09. The predicted molar refractivity (Wildman–Crippen MR) is 275 cm³/mol. The maximum atomic E-state index is 14.9. The van der Waals surface area contributed by atoms with Crippen LogP contribution in [0.3, 0.4) is 0 Å². The summed E-state index contributed by atoms with van der Waals surface area (Å²) >= 11 is 0. The molecule has 0 aromatic carbocycles. The Kier molecular flexibility index (Phi) is 20.6. The fraction of sp³-hybridized carbons (Fsp3) is 0.852. The molecular formula is C54H95NO12Si2. The van der Waals surface area contributed by atoms with Gasteiger partial charge >= 0.3 is 5.97 Å². The predicted octanol–water partition coefficient (Wildman–Crippen LogP) is 9.88. The molecule has 0 aromatic heterocycles. The first-order valence-electron chi connectivity index (χ1n) is 26.3. The highest BCUT2D eigenvalue weighted by atomic mass is 28.4. The zero-order valence-corrected chi connectivity index (χ0v) is 48.1. The number of amides is 1. The van der Waals surface area contributed by atoms with Gasteiger partial charge in [0, 0.05) is 44.9 Å². The third-order valence-electron chi connectivity index (χ3n) is 17.1. The Bertz CT molecular complexity index is 1840. The molecule has 0 aromatic rings. The molecule has 1 saturated carbocycles. The molecule has 1 aliphatic carbocycles. The average Bonchev–Trinajstić information content (AvgIpc) is 3.25. The third-order valence-corrected chi connectivity index (χ3v) is 26.1. The summed E-state index contributed by atoms with van der Waals surface area (Å²) in [5.74, 6) is -6.99. The summed E-state index contributed by atoms with van der Waals surface area (Å²) in [5.41, 5.74) is 1.81. The number of rotatable bonds is 9. The molecule has 2 bridgehead atoms. The largest absolute Gasteiger partial charge is 0.456 e. The van der Waals surface area contributed by atoms with E-state index in [0.717, 1.165) is 17.6 Å². The van der Waals surface area contributed by atoms with Gasteiger partial charge in [0.2, 0.25) is 5.79 Å². The van der Waals surface area contributed by atoms with E-state index in [1.54, 1.807) is 21.1 Å². The van der Waals surface area contributed by atoms with E-state index in [2.05, 4.69) is 86.8 Å². The number of cyclic esters (lactones) is 1. The first kappa shape index (κ1) is 59.5. The molecule has 3 heterocycles. The topological polar surface area (TPSA) is 167 Å². The van der Waals surface area contributed by atoms with Crippen LogP contribution in [0.15, 0.2) is 23.3 Å². The summed E-state index contributed by atoms with van der Waals surface area (Å²) in [6.07, 6.45) is 5.09. The molecule has 2 N–H and O–H groups in total. The minimum atomic E-state index is -2.55. The van der Waals surface area contributed by atoms with Gasteiger partial charge in [0.15, 0.2) is 16.6 Å². The smallest absolute Gasteiger partial charge is 0.329 e. The number of ketones is 2. The van der Waals surface area contributed by atoms with E-state index in [4.69, 9.17) is 27.8 Å². The molecular weight excluding hydrogens is 911 g/mol. The second-order valence-electron chi connectivity index (χ2n) is 24.6. The molecule has 3 aliphatic heterocycles. The van der Waals surface area contributed by atoms with Gasteiger partial charge in [0.05, 0.1) is 30.5 Å². The monoisotopic (exact) mass is 1010 g/mol. The van der Waals surface area contributed by atoms with Gasteiger partial charge in [-0.25, -0.2) is 4.79 Å². The van der Waals surface area contributed by atoms with Crippen molar-refractivity contribution >= 4 is 40.1 Å². The Morgan fingerprint density at radius 2 is 1.42 bits per heavy atom. The van der Waals surface area contributed by atoms with Crippen molar-refractivity contribution in [3.05, 3.63) is 23.3 Å². The van der Waals surface area contributed by atoms with Crippen LogP contribution in [0.5, 0.6) is 0 Å². The number of hydrogen-bond donors (Lipinski definition) is 2. The van der Waals surface area contributed by atoms with Crippen LogP contribution in [0.1, 0.15) is 154 Å². The maximum Gasteiger partial charge on any atom is 0.329 e. The Morgan fingerprint density at radius 3 is 1.97 bits per heavy atom. The fourth-order valence-electron chi connectivity index (χ4n) is 10.5. The van der Waals surface area contributed by atoms with Crippen LogP contribution in [0.25, 0.3) is 0 Å². The van der Waals surface area contributed by atoms with E-state index >= 15 is 0 Å². The number of fused-ring (bicyclic) bond motifs is 3. The summed E-state index contributed by atoms with van der Waals surface area (Å²) in [6.45, 7) is 33.7. The van der Waals surface area contributed by atoms with E-state index < -0.39 is 94.6 Å². The molecule has 69 heavy (non-hydrogen) atoms. The van der Waals surface area contributed by atoms with Crippen molar-refractivity contribution in [2.45, 2.75) is 245 Å². The first-order valence-corrected chi connectivity index (χ1v) is 32.1. The average molecular weight is 1010 g/mol. The van der Waals surface area contributed by atoms with Crippen molar-refractivity contribution in [1.82, 2.24) is 4.90 Å². The summed E-state index contributed by atoms with van der Waals surface area (Å²) in [5, 5.41) is 23.6. The fourth-order valence-corrected chi connectivity index (χ4v) is 13.3. The number of hydrogen-bond acceptors (Lipinski definition) is 12. The van der Waals surface area contributed by atoms with Gasteiger partial charge < -0.3 is 42.9 Å². The van der Waals surface area contributed by atoms with Gasteiger partial charge in [0.1, 0.15) is 24.0 Å². The van der Waals surface area contributed by atoms with E-state index in [1.807, 2.05) is 27.7 Å². The molecule has 0 radical (unpaired) electrons. The number of ether oxygens (including phenoxy) is 4. The lowest BCUT2D eigenvalue weighted by Gasteiger charge is -2.47.